The van der Waals surface area contributed by atoms with Crippen LogP contribution in [0.3, 0.4) is 0 Å². The number of hydrogen-bond donors (Lipinski definition) is 0. The van der Waals surface area contributed by atoms with Crippen molar-refractivity contribution in [1.82, 2.24) is 0 Å². The molecule has 0 N–H and O–H groups in total. The molecule has 0 unspecified atom stereocenters. The molecule has 0 aliphatic rings. The van der Waals surface area contributed by atoms with Gasteiger partial charge in [-0.1, -0.05) is 25.1 Å². The molecule has 1 aromatic rings. The third-order valence-corrected chi connectivity index (χ3v) is 4.42. The van der Waals surface area contributed by atoms with Gasteiger partial charge in [0, 0.05) is 6.42 Å². The predicted octanol–water partition coefficient (Wildman–Crippen LogP) is 2.52. The summed E-state index contributed by atoms with van der Waals surface area (Å²) in [7, 11) is 0. The van der Waals surface area contributed by atoms with Crippen LogP contribution in [0, 0.1) is 0 Å². The highest BCUT2D eigenvalue weighted by molar-refractivity contribution is 5.69. The molecule has 0 atom stereocenters. The largest absolute Gasteiger partial charge is 0.491 e. The third kappa shape index (κ3) is 22.7. The Balaban J connectivity index is 1.65. The SMILES string of the molecule is CCCC(=O)OCCOCCOCCOCCOCCOCCOCCOCCOc1ccccc1. The molecule has 0 saturated heterocycles. The van der Waals surface area contributed by atoms with Gasteiger partial charge in [0.25, 0.3) is 0 Å². The minimum atomic E-state index is -0.185. The van der Waals surface area contributed by atoms with E-state index in [0.717, 1.165) is 12.2 Å². The van der Waals surface area contributed by atoms with Gasteiger partial charge in [0.1, 0.15) is 19.0 Å². The zero-order valence-corrected chi connectivity index (χ0v) is 21.7. The van der Waals surface area contributed by atoms with Crippen LogP contribution in [0.2, 0.25) is 0 Å². The van der Waals surface area contributed by atoms with E-state index in [1.165, 1.54) is 0 Å². The van der Waals surface area contributed by atoms with Crippen LogP contribution in [0.4, 0.5) is 0 Å². The number of rotatable bonds is 27. The molecular weight excluding hydrogens is 472 g/mol. The Labute approximate surface area is 215 Å². The quantitative estimate of drug-likeness (QED) is 0.128. The Morgan fingerprint density at radius 2 is 0.889 bits per heavy atom. The summed E-state index contributed by atoms with van der Waals surface area (Å²) >= 11 is 0. The summed E-state index contributed by atoms with van der Waals surface area (Å²) in [5, 5.41) is 0. The van der Waals surface area contributed by atoms with Gasteiger partial charge in [-0.25, -0.2) is 0 Å². The van der Waals surface area contributed by atoms with Crippen molar-refractivity contribution < 1.29 is 47.4 Å². The van der Waals surface area contributed by atoms with Gasteiger partial charge in [-0.05, 0) is 18.6 Å². The fraction of sp³-hybridized carbons (Fsp3) is 0.731. The molecule has 0 amide bonds. The summed E-state index contributed by atoms with van der Waals surface area (Å²) in [6.45, 7) is 9.67. The van der Waals surface area contributed by atoms with Crippen molar-refractivity contribution in [1.29, 1.82) is 0 Å². The van der Waals surface area contributed by atoms with Crippen molar-refractivity contribution in [2.45, 2.75) is 19.8 Å². The molecule has 0 fully saturated rings. The summed E-state index contributed by atoms with van der Waals surface area (Å²) in [5.41, 5.74) is 0. The maximum atomic E-state index is 11.2. The van der Waals surface area contributed by atoms with Crippen molar-refractivity contribution in [2.24, 2.45) is 0 Å². The normalized spacial score (nSPS) is 11.0. The topological polar surface area (TPSA) is 100 Å². The highest BCUT2D eigenvalue weighted by Crippen LogP contribution is 2.07. The number of hydrogen-bond acceptors (Lipinski definition) is 10. The summed E-state index contributed by atoms with van der Waals surface area (Å²) in [4.78, 5) is 11.2. The second kappa shape index (κ2) is 26.3. The zero-order chi connectivity index (χ0) is 25.8. The molecule has 10 heteroatoms. The highest BCUT2D eigenvalue weighted by atomic mass is 16.6. The second-order valence-corrected chi connectivity index (χ2v) is 7.42. The standard InChI is InChI=1S/C26H44O10/c1-2-6-26(27)36-24-22-34-20-18-32-16-14-30-12-10-28-9-11-29-13-15-31-17-19-33-21-23-35-25-7-4-3-5-8-25/h3-5,7-8H,2,6,9-24H2,1H3. The van der Waals surface area contributed by atoms with Gasteiger partial charge in [0.15, 0.2) is 0 Å². The monoisotopic (exact) mass is 516 g/mol. The summed E-state index contributed by atoms with van der Waals surface area (Å²) < 4.78 is 48.5. The molecule has 1 aromatic carbocycles. The van der Waals surface area contributed by atoms with E-state index in [4.69, 9.17) is 42.6 Å². The molecule has 208 valence electrons. The van der Waals surface area contributed by atoms with Crippen molar-refractivity contribution in [3.8, 4) is 5.75 Å². The molecule has 0 aliphatic heterocycles. The van der Waals surface area contributed by atoms with E-state index in [9.17, 15) is 4.79 Å². The molecule has 1 rings (SSSR count). The maximum Gasteiger partial charge on any atom is 0.305 e. The van der Waals surface area contributed by atoms with E-state index >= 15 is 0 Å². The van der Waals surface area contributed by atoms with Gasteiger partial charge in [-0.3, -0.25) is 4.79 Å². The molecule has 0 radical (unpaired) electrons. The fourth-order valence-electron chi connectivity index (χ4n) is 2.65. The summed E-state index contributed by atoms with van der Waals surface area (Å²) in [6, 6.07) is 9.66. The Morgan fingerprint density at radius 1 is 0.528 bits per heavy atom. The van der Waals surface area contributed by atoms with E-state index < -0.39 is 0 Å². The Morgan fingerprint density at radius 3 is 1.28 bits per heavy atom. The zero-order valence-electron chi connectivity index (χ0n) is 21.7. The smallest absolute Gasteiger partial charge is 0.305 e. The molecular formula is C26H44O10. The third-order valence-electron chi connectivity index (χ3n) is 4.42. The first-order valence-electron chi connectivity index (χ1n) is 12.7. The lowest BCUT2D eigenvalue weighted by Gasteiger charge is -2.09. The number of ether oxygens (including phenoxy) is 9. The van der Waals surface area contributed by atoms with Crippen LogP contribution in [0.5, 0.6) is 5.75 Å². The van der Waals surface area contributed by atoms with Crippen molar-refractivity contribution >= 4 is 5.97 Å². The molecule has 0 heterocycles. The summed E-state index contributed by atoms with van der Waals surface area (Å²) in [5.74, 6) is 0.658. The molecule has 36 heavy (non-hydrogen) atoms. The van der Waals surface area contributed by atoms with Crippen LogP contribution in [-0.4, -0.2) is 112 Å². The van der Waals surface area contributed by atoms with Crippen molar-refractivity contribution in [2.75, 3.05) is 106 Å². The number of benzene rings is 1. The molecule has 0 saturated carbocycles. The molecule has 0 aliphatic carbocycles. The van der Waals surface area contributed by atoms with Gasteiger partial charge in [0.05, 0.1) is 92.5 Å². The minimum absolute atomic E-state index is 0.185. The number of para-hydroxylation sites is 1. The van der Waals surface area contributed by atoms with Gasteiger partial charge in [-0.15, -0.1) is 0 Å². The van der Waals surface area contributed by atoms with E-state index in [0.29, 0.717) is 106 Å². The van der Waals surface area contributed by atoms with Crippen LogP contribution >= 0.6 is 0 Å². The first-order valence-corrected chi connectivity index (χ1v) is 12.7. The number of esters is 1. The van der Waals surface area contributed by atoms with Crippen LogP contribution in [0.25, 0.3) is 0 Å². The average Bonchev–Trinajstić information content (AvgIpc) is 2.89. The number of carbonyl (C=O) groups is 1. The fourth-order valence-corrected chi connectivity index (χ4v) is 2.65. The highest BCUT2D eigenvalue weighted by Gasteiger charge is 2.00. The van der Waals surface area contributed by atoms with Gasteiger partial charge in [0.2, 0.25) is 0 Å². The maximum absolute atomic E-state index is 11.2. The Hall–Kier alpha value is -1.79. The first-order chi connectivity index (χ1) is 17.8. The predicted molar refractivity (Wildman–Crippen MR) is 134 cm³/mol. The van der Waals surface area contributed by atoms with E-state index in [2.05, 4.69) is 0 Å². The molecule has 0 aromatic heterocycles. The van der Waals surface area contributed by atoms with E-state index in [1.807, 2.05) is 37.3 Å². The molecule has 0 spiro atoms. The van der Waals surface area contributed by atoms with Crippen LogP contribution in [0.15, 0.2) is 30.3 Å². The lowest BCUT2D eigenvalue weighted by molar-refractivity contribution is -0.145. The van der Waals surface area contributed by atoms with E-state index in [1.54, 1.807) is 0 Å². The minimum Gasteiger partial charge on any atom is -0.491 e. The van der Waals surface area contributed by atoms with Crippen LogP contribution < -0.4 is 4.74 Å². The molecule has 0 bridgehead atoms. The van der Waals surface area contributed by atoms with Crippen molar-refractivity contribution in [3.05, 3.63) is 30.3 Å². The van der Waals surface area contributed by atoms with Crippen LogP contribution in [0.1, 0.15) is 19.8 Å². The van der Waals surface area contributed by atoms with Gasteiger partial charge < -0.3 is 42.6 Å². The Kier molecular flexibility index (Phi) is 23.5. The van der Waals surface area contributed by atoms with E-state index in [-0.39, 0.29) is 12.6 Å². The second-order valence-electron chi connectivity index (χ2n) is 7.42. The average molecular weight is 517 g/mol. The van der Waals surface area contributed by atoms with Gasteiger partial charge in [-0.2, -0.15) is 0 Å². The van der Waals surface area contributed by atoms with Crippen LogP contribution in [-0.2, 0) is 42.7 Å². The summed E-state index contributed by atoms with van der Waals surface area (Å²) in [6.07, 6.45) is 1.24. The van der Waals surface area contributed by atoms with Gasteiger partial charge >= 0.3 is 5.97 Å². The Bertz CT molecular complexity index is 587. The lowest BCUT2D eigenvalue weighted by Crippen LogP contribution is -2.15. The first kappa shape index (κ1) is 32.2. The number of carbonyl (C=O) groups excluding carboxylic acids is 1. The molecule has 10 nitrogen and oxygen atoms in total. The lowest BCUT2D eigenvalue weighted by atomic mass is 10.3. The van der Waals surface area contributed by atoms with Crippen molar-refractivity contribution in [3.63, 3.8) is 0 Å².